The molecule has 5 nitrogen and oxygen atoms in total. The lowest BCUT2D eigenvalue weighted by atomic mass is 9.91. The van der Waals surface area contributed by atoms with Gasteiger partial charge in [0.25, 0.3) is 0 Å². The maximum Gasteiger partial charge on any atom is 0.216 e. The quantitative estimate of drug-likeness (QED) is 0.125. The van der Waals surface area contributed by atoms with Crippen molar-refractivity contribution in [1.29, 1.82) is 0 Å². The third-order valence-corrected chi connectivity index (χ3v) is 8.94. The third kappa shape index (κ3) is 8.25. The van der Waals surface area contributed by atoms with Crippen molar-refractivity contribution in [1.82, 2.24) is 15.3 Å². The second-order valence-corrected chi connectivity index (χ2v) is 12.3. The lowest BCUT2D eigenvalue weighted by Gasteiger charge is -2.22. The number of fused-ring (bicyclic) bond motifs is 3. The van der Waals surface area contributed by atoms with Crippen LogP contribution in [0.1, 0.15) is 88.0 Å². The summed E-state index contributed by atoms with van der Waals surface area (Å²) in [5.41, 5.74) is 7.60. The van der Waals surface area contributed by atoms with Gasteiger partial charge in [-0.1, -0.05) is 49.8 Å². The summed E-state index contributed by atoms with van der Waals surface area (Å²) in [7, 11) is 0. The highest BCUT2D eigenvalue weighted by Crippen LogP contribution is 2.34. The van der Waals surface area contributed by atoms with E-state index < -0.39 is 0 Å². The van der Waals surface area contributed by atoms with Gasteiger partial charge >= 0.3 is 0 Å². The first kappa shape index (κ1) is 29.4. The molecule has 0 radical (unpaired) electrons. The lowest BCUT2D eigenvalue weighted by molar-refractivity contribution is -0.119. The van der Waals surface area contributed by atoms with Crippen LogP contribution in [0, 0.1) is 5.92 Å². The molecular formula is C35H45ClN4O. The number of rotatable bonds is 15. The van der Waals surface area contributed by atoms with E-state index in [9.17, 15) is 4.79 Å². The van der Waals surface area contributed by atoms with Crippen molar-refractivity contribution in [2.75, 3.05) is 18.4 Å². The van der Waals surface area contributed by atoms with Gasteiger partial charge in [0.1, 0.15) is 0 Å². The van der Waals surface area contributed by atoms with E-state index in [1.165, 1.54) is 91.2 Å². The van der Waals surface area contributed by atoms with Crippen molar-refractivity contribution in [3.05, 3.63) is 70.5 Å². The fraction of sp³-hybridized carbons (Fsp3) is 0.486. The van der Waals surface area contributed by atoms with Crippen molar-refractivity contribution >= 4 is 45.0 Å². The predicted molar refractivity (Wildman–Crippen MR) is 173 cm³/mol. The molecule has 0 saturated heterocycles. The van der Waals surface area contributed by atoms with E-state index in [2.05, 4.69) is 52.0 Å². The van der Waals surface area contributed by atoms with Crippen molar-refractivity contribution < 1.29 is 4.79 Å². The van der Waals surface area contributed by atoms with Crippen molar-refractivity contribution in [2.45, 2.75) is 90.4 Å². The lowest BCUT2D eigenvalue weighted by Crippen LogP contribution is -2.23. The highest BCUT2D eigenvalue weighted by molar-refractivity contribution is 6.31. The SMILES string of the molecule is CC(=O)NCCC(CCCCCCCNc1c2c(nc3ccc(Cl)cc13)CCCC2)CCc1ccc2[nH]ccc2c1. The Labute approximate surface area is 249 Å². The number of hydrogen-bond donors (Lipinski definition) is 3. The molecule has 2 heterocycles. The Morgan fingerprint density at radius 1 is 0.951 bits per heavy atom. The molecule has 6 heteroatoms. The fourth-order valence-electron chi connectivity index (χ4n) is 6.41. The topological polar surface area (TPSA) is 69.8 Å². The van der Waals surface area contributed by atoms with Gasteiger partial charge in [-0.2, -0.15) is 0 Å². The number of anilines is 1. The van der Waals surface area contributed by atoms with Crippen molar-refractivity contribution in [3.63, 3.8) is 0 Å². The zero-order chi connectivity index (χ0) is 28.4. The average molecular weight is 573 g/mol. The van der Waals surface area contributed by atoms with E-state index in [-0.39, 0.29) is 5.91 Å². The van der Waals surface area contributed by atoms with Gasteiger partial charge in [0.2, 0.25) is 5.91 Å². The number of carbonyl (C=O) groups is 1. The van der Waals surface area contributed by atoms with Crippen LogP contribution in [0.3, 0.4) is 0 Å². The Morgan fingerprint density at radius 3 is 2.71 bits per heavy atom. The van der Waals surface area contributed by atoms with Gasteiger partial charge in [0.05, 0.1) is 5.52 Å². The number of aromatic nitrogens is 2. The van der Waals surface area contributed by atoms with Gasteiger partial charge in [-0.25, -0.2) is 0 Å². The zero-order valence-corrected chi connectivity index (χ0v) is 25.3. The smallest absolute Gasteiger partial charge is 0.216 e. The molecule has 0 bridgehead atoms. The summed E-state index contributed by atoms with van der Waals surface area (Å²) in [5.74, 6) is 0.710. The summed E-state index contributed by atoms with van der Waals surface area (Å²) in [6, 6.07) is 15.0. The van der Waals surface area contributed by atoms with Crippen LogP contribution in [0.15, 0.2) is 48.7 Å². The highest BCUT2D eigenvalue weighted by atomic mass is 35.5. The van der Waals surface area contributed by atoms with E-state index in [1.807, 2.05) is 12.3 Å². The number of nitrogens with zero attached hydrogens (tertiary/aromatic N) is 1. The minimum absolute atomic E-state index is 0.0682. The van der Waals surface area contributed by atoms with Crippen LogP contribution in [0.2, 0.25) is 5.02 Å². The molecular weight excluding hydrogens is 528 g/mol. The Bertz CT molecular complexity index is 1450. The number of unbranched alkanes of at least 4 members (excludes halogenated alkanes) is 4. The summed E-state index contributed by atoms with van der Waals surface area (Å²) in [6.45, 7) is 3.38. The van der Waals surface area contributed by atoms with Gasteiger partial charge in [-0.05, 0) is 110 Å². The number of aryl methyl sites for hydroxylation is 2. The molecule has 218 valence electrons. The number of pyridine rings is 1. The van der Waals surface area contributed by atoms with Crippen LogP contribution < -0.4 is 10.6 Å². The molecule has 0 aliphatic heterocycles. The Morgan fingerprint density at radius 2 is 1.80 bits per heavy atom. The van der Waals surface area contributed by atoms with Gasteiger partial charge in [-0.15, -0.1) is 0 Å². The number of carbonyl (C=O) groups excluding carboxylic acids is 1. The first-order chi connectivity index (χ1) is 20.1. The van der Waals surface area contributed by atoms with E-state index >= 15 is 0 Å². The zero-order valence-electron chi connectivity index (χ0n) is 24.5. The van der Waals surface area contributed by atoms with Gasteiger partial charge in [-0.3, -0.25) is 9.78 Å². The molecule has 5 rings (SSSR count). The molecule has 1 aliphatic carbocycles. The molecule has 1 unspecified atom stereocenters. The van der Waals surface area contributed by atoms with Crippen LogP contribution in [-0.2, 0) is 24.1 Å². The maximum absolute atomic E-state index is 11.4. The molecule has 2 aromatic heterocycles. The average Bonchev–Trinajstić information content (AvgIpc) is 3.44. The van der Waals surface area contributed by atoms with E-state index in [0.717, 1.165) is 54.7 Å². The first-order valence-electron chi connectivity index (χ1n) is 15.7. The standard InChI is InChI=1S/C35H45ClN4O/c1-25(41)37-21-18-26(12-13-27-14-16-32-28(23-27)19-22-38-32)9-5-3-2-4-8-20-39-35-30-10-6-7-11-33(30)40-34-17-15-29(36)24-31(34)35/h14-17,19,22-24,26,38H,2-13,18,20-21H2,1H3,(H,37,41)(H,39,40). The minimum Gasteiger partial charge on any atom is -0.384 e. The third-order valence-electron chi connectivity index (χ3n) is 8.70. The van der Waals surface area contributed by atoms with Gasteiger partial charge < -0.3 is 15.6 Å². The van der Waals surface area contributed by atoms with Crippen LogP contribution in [0.4, 0.5) is 5.69 Å². The van der Waals surface area contributed by atoms with Crippen LogP contribution in [0.5, 0.6) is 0 Å². The number of aromatic amines is 1. The second kappa shape index (κ2) is 14.7. The number of nitrogens with one attached hydrogen (secondary N) is 3. The summed E-state index contributed by atoms with van der Waals surface area (Å²) in [5, 5.41) is 10.0. The Kier molecular flexibility index (Phi) is 10.6. The Hall–Kier alpha value is -3.05. The molecule has 41 heavy (non-hydrogen) atoms. The first-order valence-corrected chi connectivity index (χ1v) is 16.1. The summed E-state index contributed by atoms with van der Waals surface area (Å²) < 4.78 is 0. The summed E-state index contributed by atoms with van der Waals surface area (Å²) >= 11 is 6.36. The number of amides is 1. The molecule has 1 aliphatic rings. The minimum atomic E-state index is 0.0682. The second-order valence-electron chi connectivity index (χ2n) is 11.8. The molecule has 0 fully saturated rings. The predicted octanol–water partition coefficient (Wildman–Crippen LogP) is 8.78. The van der Waals surface area contributed by atoms with Crippen LogP contribution in [0.25, 0.3) is 21.8 Å². The largest absolute Gasteiger partial charge is 0.384 e. The molecule has 0 spiro atoms. The molecule has 4 aromatic rings. The van der Waals surface area contributed by atoms with Crippen molar-refractivity contribution in [2.24, 2.45) is 5.92 Å². The monoisotopic (exact) mass is 572 g/mol. The van der Waals surface area contributed by atoms with E-state index in [0.29, 0.717) is 5.92 Å². The molecule has 0 saturated carbocycles. The van der Waals surface area contributed by atoms with E-state index in [4.69, 9.17) is 16.6 Å². The maximum atomic E-state index is 11.4. The fourth-order valence-corrected chi connectivity index (χ4v) is 6.59. The number of benzene rings is 2. The normalized spacial score (nSPS) is 13.8. The number of H-pyrrole nitrogens is 1. The van der Waals surface area contributed by atoms with E-state index in [1.54, 1.807) is 6.92 Å². The van der Waals surface area contributed by atoms with Crippen LogP contribution in [-0.4, -0.2) is 29.0 Å². The summed E-state index contributed by atoms with van der Waals surface area (Å²) in [4.78, 5) is 19.6. The molecule has 2 aromatic carbocycles. The number of hydrogen-bond acceptors (Lipinski definition) is 3. The summed E-state index contributed by atoms with van der Waals surface area (Å²) in [6.07, 6.45) is 17.4. The molecule has 1 amide bonds. The molecule has 1 atom stereocenters. The van der Waals surface area contributed by atoms with Gasteiger partial charge in [0.15, 0.2) is 0 Å². The highest BCUT2D eigenvalue weighted by Gasteiger charge is 2.18. The van der Waals surface area contributed by atoms with Gasteiger partial charge in [0, 0.05) is 53.5 Å². The number of halogens is 1. The van der Waals surface area contributed by atoms with Crippen LogP contribution >= 0.6 is 11.6 Å². The Balaban J connectivity index is 1.05. The van der Waals surface area contributed by atoms with Crippen molar-refractivity contribution in [3.8, 4) is 0 Å². The molecule has 3 N–H and O–H groups in total.